The van der Waals surface area contributed by atoms with E-state index in [-0.39, 0.29) is 0 Å². The van der Waals surface area contributed by atoms with Crippen molar-refractivity contribution < 1.29 is 0 Å². The Hall–Kier alpha value is -1.77. The summed E-state index contributed by atoms with van der Waals surface area (Å²) in [4.78, 5) is 2.34. The molecule has 0 unspecified atom stereocenters. The molecule has 2 aromatic carbocycles. The van der Waals surface area contributed by atoms with Gasteiger partial charge in [-0.2, -0.15) is 0 Å². The van der Waals surface area contributed by atoms with Gasteiger partial charge in [0, 0.05) is 5.25 Å². The van der Waals surface area contributed by atoms with Gasteiger partial charge in [0.25, 0.3) is 0 Å². The number of nitrogens with zero attached hydrogens (tertiary/aromatic N) is 1. The van der Waals surface area contributed by atoms with Gasteiger partial charge in [0.2, 0.25) is 0 Å². The zero-order valence-electron chi connectivity index (χ0n) is 13.7. The third-order valence-electron chi connectivity index (χ3n) is 4.13. The molecule has 0 radical (unpaired) electrons. The standard InChI is InChI=1S/C21H23NS/c1-22(2)20(17-11-5-3-6-12-17)21(18-13-7-4-8-14-18)23-19-15-9-10-16-19/h3-16,19-21H,1-2H3/t20-,21+/m1/s1. The first-order chi connectivity index (χ1) is 11.3. The van der Waals surface area contributed by atoms with Gasteiger partial charge < -0.3 is 4.90 Å². The molecule has 3 rings (SSSR count). The lowest BCUT2D eigenvalue weighted by molar-refractivity contribution is 0.293. The molecular weight excluding hydrogens is 298 g/mol. The fourth-order valence-electron chi connectivity index (χ4n) is 3.04. The molecule has 0 aliphatic heterocycles. The topological polar surface area (TPSA) is 3.24 Å². The number of benzene rings is 2. The molecule has 23 heavy (non-hydrogen) atoms. The van der Waals surface area contributed by atoms with E-state index in [4.69, 9.17) is 0 Å². The van der Waals surface area contributed by atoms with Crippen LogP contribution in [0.1, 0.15) is 22.4 Å². The lowest BCUT2D eigenvalue weighted by atomic mass is 9.97. The Morgan fingerprint density at radius 1 is 0.783 bits per heavy atom. The first-order valence-corrected chi connectivity index (χ1v) is 8.97. The van der Waals surface area contributed by atoms with Crippen molar-refractivity contribution in [2.45, 2.75) is 16.5 Å². The lowest BCUT2D eigenvalue weighted by Gasteiger charge is -2.34. The van der Waals surface area contributed by atoms with Gasteiger partial charge in [-0.25, -0.2) is 0 Å². The van der Waals surface area contributed by atoms with Crippen LogP contribution in [0, 0.1) is 0 Å². The summed E-state index contributed by atoms with van der Waals surface area (Å²) in [5.41, 5.74) is 2.75. The van der Waals surface area contributed by atoms with Crippen molar-refractivity contribution in [1.82, 2.24) is 4.90 Å². The molecule has 1 aliphatic rings. The molecule has 0 aromatic heterocycles. The summed E-state index contributed by atoms with van der Waals surface area (Å²) >= 11 is 2.02. The van der Waals surface area contributed by atoms with E-state index >= 15 is 0 Å². The molecule has 2 atom stereocenters. The van der Waals surface area contributed by atoms with Crippen molar-refractivity contribution in [3.8, 4) is 0 Å². The highest BCUT2D eigenvalue weighted by atomic mass is 32.2. The Labute approximate surface area is 143 Å². The van der Waals surface area contributed by atoms with E-state index < -0.39 is 0 Å². The van der Waals surface area contributed by atoms with Gasteiger partial charge in [0.15, 0.2) is 0 Å². The van der Waals surface area contributed by atoms with Crippen molar-refractivity contribution >= 4 is 11.8 Å². The van der Waals surface area contributed by atoms with Crippen LogP contribution in [-0.4, -0.2) is 24.2 Å². The Kier molecular flexibility index (Phi) is 5.37. The second kappa shape index (κ2) is 7.67. The predicted molar refractivity (Wildman–Crippen MR) is 102 cm³/mol. The Bertz CT molecular complexity index is 649. The molecule has 118 valence electrons. The zero-order valence-corrected chi connectivity index (χ0v) is 14.5. The zero-order chi connectivity index (χ0) is 16.1. The van der Waals surface area contributed by atoms with Crippen molar-refractivity contribution in [2.75, 3.05) is 14.1 Å². The van der Waals surface area contributed by atoms with E-state index in [1.807, 2.05) is 11.8 Å². The summed E-state index contributed by atoms with van der Waals surface area (Å²) in [5, 5.41) is 0.831. The maximum Gasteiger partial charge on any atom is 0.0503 e. The molecule has 0 spiro atoms. The van der Waals surface area contributed by atoms with Crippen LogP contribution in [0.4, 0.5) is 0 Å². The SMILES string of the molecule is CN(C)[C@H](c1ccccc1)[C@@H](SC1C=CC=C1)c1ccccc1. The molecule has 2 aromatic rings. The van der Waals surface area contributed by atoms with Crippen molar-refractivity contribution in [1.29, 1.82) is 0 Å². The molecular formula is C21H23NS. The van der Waals surface area contributed by atoms with Crippen LogP contribution in [0.2, 0.25) is 0 Å². The minimum atomic E-state index is 0.339. The fourth-order valence-corrected chi connectivity index (χ4v) is 4.61. The van der Waals surface area contributed by atoms with E-state index in [0.717, 1.165) is 0 Å². The van der Waals surface area contributed by atoms with Gasteiger partial charge in [-0.15, -0.1) is 11.8 Å². The van der Waals surface area contributed by atoms with Crippen LogP contribution < -0.4 is 0 Å². The number of hydrogen-bond donors (Lipinski definition) is 0. The van der Waals surface area contributed by atoms with E-state index in [1.165, 1.54) is 11.1 Å². The quantitative estimate of drug-likeness (QED) is 0.714. The predicted octanol–water partition coefficient (Wildman–Crippen LogP) is 5.26. The van der Waals surface area contributed by atoms with Crippen molar-refractivity contribution in [2.24, 2.45) is 0 Å². The van der Waals surface area contributed by atoms with E-state index in [0.29, 0.717) is 16.5 Å². The Morgan fingerprint density at radius 3 is 1.83 bits per heavy atom. The first-order valence-electron chi connectivity index (χ1n) is 8.02. The van der Waals surface area contributed by atoms with Gasteiger partial charge in [0.05, 0.1) is 11.3 Å². The van der Waals surface area contributed by atoms with Crippen LogP contribution in [0.3, 0.4) is 0 Å². The molecule has 0 amide bonds. The van der Waals surface area contributed by atoms with Gasteiger partial charge >= 0.3 is 0 Å². The summed E-state index contributed by atoms with van der Waals surface area (Å²) in [6, 6.07) is 22.0. The molecule has 0 bridgehead atoms. The van der Waals surface area contributed by atoms with E-state index in [2.05, 4.69) is 104 Å². The summed E-state index contributed by atoms with van der Waals surface area (Å²) in [6.45, 7) is 0. The van der Waals surface area contributed by atoms with Crippen molar-refractivity contribution in [3.63, 3.8) is 0 Å². The third-order valence-corrected chi connectivity index (χ3v) is 5.58. The molecule has 0 fully saturated rings. The van der Waals surface area contributed by atoms with Crippen LogP contribution >= 0.6 is 11.8 Å². The monoisotopic (exact) mass is 321 g/mol. The second-order valence-electron chi connectivity index (χ2n) is 6.02. The minimum Gasteiger partial charge on any atom is -0.301 e. The molecule has 0 heterocycles. The minimum absolute atomic E-state index is 0.339. The van der Waals surface area contributed by atoms with Gasteiger partial charge in [-0.3, -0.25) is 0 Å². The van der Waals surface area contributed by atoms with E-state index in [1.54, 1.807) is 0 Å². The average molecular weight is 321 g/mol. The van der Waals surface area contributed by atoms with Crippen LogP contribution in [0.25, 0.3) is 0 Å². The smallest absolute Gasteiger partial charge is 0.0503 e. The molecule has 1 nitrogen and oxygen atoms in total. The highest BCUT2D eigenvalue weighted by Crippen LogP contribution is 2.45. The van der Waals surface area contributed by atoms with Crippen LogP contribution in [0.5, 0.6) is 0 Å². The van der Waals surface area contributed by atoms with E-state index in [9.17, 15) is 0 Å². The van der Waals surface area contributed by atoms with Crippen molar-refractivity contribution in [3.05, 3.63) is 96.1 Å². The first kappa shape index (κ1) is 16.1. The molecule has 1 aliphatic carbocycles. The summed E-state index contributed by atoms with van der Waals surface area (Å²) in [6.07, 6.45) is 8.84. The van der Waals surface area contributed by atoms with Gasteiger partial charge in [0.1, 0.15) is 0 Å². The summed E-state index contributed by atoms with van der Waals surface area (Å²) in [7, 11) is 4.35. The summed E-state index contributed by atoms with van der Waals surface area (Å²) in [5.74, 6) is 0. The number of hydrogen-bond acceptors (Lipinski definition) is 2. The normalized spacial score (nSPS) is 16.8. The lowest BCUT2D eigenvalue weighted by Crippen LogP contribution is -2.25. The fraction of sp³-hybridized carbons (Fsp3) is 0.238. The second-order valence-corrected chi connectivity index (χ2v) is 7.35. The number of allylic oxidation sites excluding steroid dienone is 2. The average Bonchev–Trinajstić information content (AvgIpc) is 3.09. The Balaban J connectivity index is 1.97. The van der Waals surface area contributed by atoms with Gasteiger partial charge in [-0.05, 0) is 25.2 Å². The number of thioether (sulfide) groups is 1. The number of rotatable bonds is 6. The maximum atomic E-state index is 2.34. The molecule has 0 saturated heterocycles. The number of likely N-dealkylation sites (N-methyl/N-ethyl adjacent to an activating group) is 1. The third kappa shape index (κ3) is 3.95. The largest absolute Gasteiger partial charge is 0.301 e. The van der Waals surface area contributed by atoms with Crippen LogP contribution in [-0.2, 0) is 0 Å². The highest BCUT2D eigenvalue weighted by Gasteiger charge is 2.29. The maximum absolute atomic E-state index is 2.34. The molecule has 0 saturated carbocycles. The molecule has 0 N–H and O–H groups in total. The summed E-state index contributed by atoms with van der Waals surface area (Å²) < 4.78 is 0. The van der Waals surface area contributed by atoms with Crippen LogP contribution in [0.15, 0.2) is 85.0 Å². The Morgan fingerprint density at radius 2 is 1.30 bits per heavy atom. The van der Waals surface area contributed by atoms with Gasteiger partial charge in [-0.1, -0.05) is 85.0 Å². The highest BCUT2D eigenvalue weighted by molar-refractivity contribution is 8.00. The molecule has 2 heteroatoms.